The Bertz CT molecular complexity index is 433. The summed E-state index contributed by atoms with van der Waals surface area (Å²) in [4.78, 5) is 11.5. The lowest BCUT2D eigenvalue weighted by molar-refractivity contribution is -0.123. The van der Waals surface area contributed by atoms with Gasteiger partial charge < -0.3 is 15.8 Å². The van der Waals surface area contributed by atoms with Gasteiger partial charge >= 0.3 is 0 Å². The zero-order valence-electron chi connectivity index (χ0n) is 10.1. The molecule has 0 bridgehead atoms. The van der Waals surface area contributed by atoms with Crippen LogP contribution in [0.1, 0.15) is 18.4 Å². The van der Waals surface area contributed by atoms with Crippen molar-refractivity contribution >= 4 is 5.91 Å². The van der Waals surface area contributed by atoms with E-state index in [1.54, 1.807) is 6.07 Å². The number of rotatable bonds is 6. The molecule has 0 atom stereocenters. The van der Waals surface area contributed by atoms with Gasteiger partial charge in [0.2, 0.25) is 0 Å². The van der Waals surface area contributed by atoms with Gasteiger partial charge in [0, 0.05) is 18.7 Å². The Morgan fingerprint density at radius 3 is 2.94 bits per heavy atom. The number of benzene rings is 1. The second-order valence-electron chi connectivity index (χ2n) is 4.46. The van der Waals surface area contributed by atoms with Crippen molar-refractivity contribution in [3.63, 3.8) is 0 Å². The third kappa shape index (κ3) is 3.43. The van der Waals surface area contributed by atoms with E-state index in [9.17, 15) is 9.18 Å². The van der Waals surface area contributed by atoms with E-state index in [4.69, 9.17) is 10.5 Å². The summed E-state index contributed by atoms with van der Waals surface area (Å²) in [5.74, 6) is 0.365. The highest BCUT2D eigenvalue weighted by atomic mass is 19.1. The average Bonchev–Trinajstić information content (AvgIpc) is 3.18. The van der Waals surface area contributed by atoms with Gasteiger partial charge in [0.05, 0.1) is 0 Å². The smallest absolute Gasteiger partial charge is 0.257 e. The van der Waals surface area contributed by atoms with E-state index < -0.39 is 5.82 Å². The number of amides is 1. The molecule has 0 unspecified atom stereocenters. The fraction of sp³-hybridized carbons (Fsp3) is 0.462. The lowest BCUT2D eigenvalue weighted by atomic mass is 10.2. The molecule has 5 heteroatoms. The maximum absolute atomic E-state index is 13.4. The van der Waals surface area contributed by atoms with Gasteiger partial charge in [-0.3, -0.25) is 4.79 Å². The van der Waals surface area contributed by atoms with Gasteiger partial charge in [-0.15, -0.1) is 0 Å². The second kappa shape index (κ2) is 5.82. The minimum atomic E-state index is -0.409. The molecule has 1 fully saturated rings. The molecule has 1 aliphatic carbocycles. The van der Waals surface area contributed by atoms with E-state index in [1.165, 1.54) is 25.0 Å². The molecule has 3 N–H and O–H groups in total. The van der Waals surface area contributed by atoms with Crippen molar-refractivity contribution in [1.82, 2.24) is 5.32 Å². The molecule has 4 nitrogen and oxygen atoms in total. The van der Waals surface area contributed by atoms with E-state index >= 15 is 0 Å². The van der Waals surface area contributed by atoms with Gasteiger partial charge in [-0.25, -0.2) is 4.39 Å². The van der Waals surface area contributed by atoms with Crippen molar-refractivity contribution < 1.29 is 13.9 Å². The first-order valence-corrected chi connectivity index (χ1v) is 6.07. The summed E-state index contributed by atoms with van der Waals surface area (Å²) in [5.41, 5.74) is 5.74. The van der Waals surface area contributed by atoms with E-state index in [2.05, 4.69) is 5.32 Å². The third-order valence-electron chi connectivity index (χ3n) is 2.92. The molecule has 1 aromatic rings. The predicted octanol–water partition coefficient (Wildman–Crippen LogP) is 1.19. The van der Waals surface area contributed by atoms with Crippen LogP contribution in [0, 0.1) is 11.7 Å². The topological polar surface area (TPSA) is 64.3 Å². The highest BCUT2D eigenvalue weighted by Gasteiger charge is 2.21. The van der Waals surface area contributed by atoms with E-state index in [0.717, 1.165) is 0 Å². The molecule has 1 amide bonds. The van der Waals surface area contributed by atoms with E-state index in [0.29, 0.717) is 23.8 Å². The minimum absolute atomic E-state index is 0.0473. The lowest BCUT2D eigenvalue weighted by Gasteiger charge is -2.11. The van der Waals surface area contributed by atoms with Crippen LogP contribution in [-0.2, 0) is 11.3 Å². The quantitative estimate of drug-likeness (QED) is 0.799. The third-order valence-corrected chi connectivity index (χ3v) is 2.92. The number of nitrogens with one attached hydrogen (secondary N) is 1. The molecular weight excluding hydrogens is 235 g/mol. The SMILES string of the molecule is NCc1c(F)cccc1OCC(=O)NCC1CC1. The summed E-state index contributed by atoms with van der Waals surface area (Å²) < 4.78 is 18.7. The molecule has 1 aliphatic rings. The van der Waals surface area contributed by atoms with Crippen LogP contribution < -0.4 is 15.8 Å². The summed E-state index contributed by atoms with van der Waals surface area (Å²) >= 11 is 0. The monoisotopic (exact) mass is 252 g/mol. The lowest BCUT2D eigenvalue weighted by Crippen LogP contribution is -2.30. The van der Waals surface area contributed by atoms with Crippen LogP contribution in [0.15, 0.2) is 18.2 Å². The Labute approximate surface area is 105 Å². The average molecular weight is 252 g/mol. The van der Waals surface area contributed by atoms with E-state index in [1.807, 2.05) is 0 Å². The van der Waals surface area contributed by atoms with Crippen LogP contribution in [-0.4, -0.2) is 19.1 Å². The number of nitrogens with two attached hydrogens (primary N) is 1. The molecule has 1 aromatic carbocycles. The second-order valence-corrected chi connectivity index (χ2v) is 4.46. The molecule has 0 spiro atoms. The van der Waals surface area contributed by atoms with Gasteiger partial charge in [-0.2, -0.15) is 0 Å². The van der Waals surface area contributed by atoms with Crippen molar-refractivity contribution in [2.24, 2.45) is 11.7 Å². The molecule has 0 heterocycles. The Balaban J connectivity index is 1.84. The summed E-state index contributed by atoms with van der Waals surface area (Å²) in [6, 6.07) is 4.47. The summed E-state index contributed by atoms with van der Waals surface area (Å²) in [6.45, 7) is 0.643. The van der Waals surface area contributed by atoms with Crippen LogP contribution in [0.2, 0.25) is 0 Å². The fourth-order valence-corrected chi connectivity index (χ4v) is 1.65. The van der Waals surface area contributed by atoms with Gasteiger partial charge in [-0.1, -0.05) is 6.07 Å². The van der Waals surface area contributed by atoms with Crippen molar-refractivity contribution in [2.45, 2.75) is 19.4 Å². The number of carbonyl (C=O) groups excluding carboxylic acids is 1. The highest BCUT2D eigenvalue weighted by molar-refractivity contribution is 5.77. The Morgan fingerprint density at radius 1 is 1.50 bits per heavy atom. The summed E-state index contributed by atoms with van der Waals surface area (Å²) in [6.07, 6.45) is 2.37. The summed E-state index contributed by atoms with van der Waals surface area (Å²) in [7, 11) is 0. The highest BCUT2D eigenvalue weighted by Crippen LogP contribution is 2.27. The number of halogens is 1. The number of ether oxygens (including phenoxy) is 1. The molecule has 0 saturated heterocycles. The van der Waals surface area contributed by atoms with Gasteiger partial charge in [-0.05, 0) is 30.9 Å². The van der Waals surface area contributed by atoms with Crippen molar-refractivity contribution in [2.75, 3.05) is 13.2 Å². The van der Waals surface area contributed by atoms with Crippen molar-refractivity contribution in [1.29, 1.82) is 0 Å². The van der Waals surface area contributed by atoms with Crippen LogP contribution in [0.4, 0.5) is 4.39 Å². The van der Waals surface area contributed by atoms with Crippen LogP contribution in [0.5, 0.6) is 5.75 Å². The molecule has 98 valence electrons. The van der Waals surface area contributed by atoms with Crippen LogP contribution >= 0.6 is 0 Å². The van der Waals surface area contributed by atoms with Gasteiger partial charge in [0.25, 0.3) is 5.91 Å². The fourth-order valence-electron chi connectivity index (χ4n) is 1.65. The van der Waals surface area contributed by atoms with Crippen molar-refractivity contribution in [3.8, 4) is 5.75 Å². The van der Waals surface area contributed by atoms with E-state index in [-0.39, 0.29) is 19.1 Å². The predicted molar refractivity (Wildman–Crippen MR) is 65.5 cm³/mol. The normalized spacial score (nSPS) is 14.3. The minimum Gasteiger partial charge on any atom is -0.483 e. The van der Waals surface area contributed by atoms with Crippen LogP contribution in [0.3, 0.4) is 0 Å². The number of hydrogen-bond donors (Lipinski definition) is 2. The van der Waals surface area contributed by atoms with Gasteiger partial charge in [0.15, 0.2) is 6.61 Å². The van der Waals surface area contributed by atoms with Gasteiger partial charge in [0.1, 0.15) is 11.6 Å². The molecular formula is C13H17FN2O2. The molecule has 1 saturated carbocycles. The molecule has 0 aromatic heterocycles. The zero-order valence-corrected chi connectivity index (χ0v) is 10.1. The molecule has 2 rings (SSSR count). The summed E-state index contributed by atoms with van der Waals surface area (Å²) in [5, 5.41) is 2.78. The molecule has 0 aliphatic heterocycles. The Kier molecular flexibility index (Phi) is 4.15. The Morgan fingerprint density at radius 2 is 2.28 bits per heavy atom. The number of hydrogen-bond acceptors (Lipinski definition) is 3. The largest absolute Gasteiger partial charge is 0.483 e. The van der Waals surface area contributed by atoms with Crippen LogP contribution in [0.25, 0.3) is 0 Å². The zero-order chi connectivity index (χ0) is 13.0. The maximum Gasteiger partial charge on any atom is 0.257 e. The first-order valence-electron chi connectivity index (χ1n) is 6.07. The van der Waals surface area contributed by atoms with Crippen molar-refractivity contribution in [3.05, 3.63) is 29.6 Å². The molecule has 18 heavy (non-hydrogen) atoms. The molecule has 0 radical (unpaired) electrons. The standard InChI is InChI=1S/C13H17FN2O2/c14-11-2-1-3-12(10(11)6-15)18-8-13(17)16-7-9-4-5-9/h1-3,9H,4-8,15H2,(H,16,17). The maximum atomic E-state index is 13.4. The first kappa shape index (κ1) is 12.8. The first-order chi connectivity index (χ1) is 8.70. The Hall–Kier alpha value is -1.62. The number of carbonyl (C=O) groups is 1.